The van der Waals surface area contributed by atoms with E-state index in [4.69, 9.17) is 0 Å². The second-order valence-corrected chi connectivity index (χ2v) is 12.6. The fourth-order valence-corrected chi connectivity index (χ4v) is 4.23. The Labute approximate surface area is 104 Å². The second kappa shape index (κ2) is 7.52. The molecule has 1 aliphatic rings. The first-order valence-electron chi connectivity index (χ1n) is 7.58. The zero-order chi connectivity index (χ0) is 11.9. The van der Waals surface area contributed by atoms with E-state index in [9.17, 15) is 0 Å². The fourth-order valence-electron chi connectivity index (χ4n) is 2.92. The lowest BCUT2D eigenvalue weighted by atomic mass is 9.85. The van der Waals surface area contributed by atoms with Crippen LogP contribution in [0.4, 0.5) is 0 Å². The molecule has 1 saturated carbocycles. The highest BCUT2D eigenvalue weighted by Crippen LogP contribution is 2.28. The molecule has 16 heavy (non-hydrogen) atoms. The SMILES string of the molecule is C[Si](C)(C)CCCCCCC1CCCCC1. The van der Waals surface area contributed by atoms with Crippen LogP contribution in [0.25, 0.3) is 0 Å². The summed E-state index contributed by atoms with van der Waals surface area (Å²) in [5, 5.41) is 0. The highest BCUT2D eigenvalue weighted by molar-refractivity contribution is 6.76. The highest BCUT2D eigenvalue weighted by atomic mass is 28.3. The van der Waals surface area contributed by atoms with Gasteiger partial charge in [-0.25, -0.2) is 0 Å². The first kappa shape index (κ1) is 14.3. The topological polar surface area (TPSA) is 0 Å². The Balaban J connectivity index is 1.87. The van der Waals surface area contributed by atoms with Crippen molar-refractivity contribution in [2.24, 2.45) is 5.92 Å². The summed E-state index contributed by atoms with van der Waals surface area (Å²) in [4.78, 5) is 0. The van der Waals surface area contributed by atoms with E-state index in [1.807, 2.05) is 0 Å². The van der Waals surface area contributed by atoms with Crippen molar-refractivity contribution >= 4 is 8.07 Å². The van der Waals surface area contributed by atoms with Crippen LogP contribution < -0.4 is 0 Å². The van der Waals surface area contributed by atoms with Crippen molar-refractivity contribution < 1.29 is 0 Å². The Morgan fingerprint density at radius 2 is 1.44 bits per heavy atom. The van der Waals surface area contributed by atoms with E-state index in [2.05, 4.69) is 19.6 Å². The molecule has 1 fully saturated rings. The molecule has 0 unspecified atom stereocenters. The van der Waals surface area contributed by atoms with E-state index in [1.165, 1.54) is 70.3 Å². The molecule has 0 aromatic carbocycles. The van der Waals surface area contributed by atoms with Crippen molar-refractivity contribution in [2.45, 2.75) is 89.9 Å². The van der Waals surface area contributed by atoms with Gasteiger partial charge in [0, 0.05) is 8.07 Å². The summed E-state index contributed by atoms with van der Waals surface area (Å²) in [6.07, 6.45) is 15.2. The van der Waals surface area contributed by atoms with Gasteiger partial charge in [-0.15, -0.1) is 0 Å². The molecule has 0 bridgehead atoms. The summed E-state index contributed by atoms with van der Waals surface area (Å²) in [5.74, 6) is 1.10. The van der Waals surface area contributed by atoms with Crippen LogP contribution in [0.1, 0.15) is 64.2 Å². The molecule has 0 atom stereocenters. The first-order valence-corrected chi connectivity index (χ1v) is 11.3. The number of unbranched alkanes of at least 4 members (excludes halogenated alkanes) is 3. The molecule has 1 rings (SSSR count). The van der Waals surface area contributed by atoms with Gasteiger partial charge in [0.2, 0.25) is 0 Å². The molecule has 1 aliphatic carbocycles. The van der Waals surface area contributed by atoms with Crippen LogP contribution in [0, 0.1) is 5.92 Å². The molecule has 0 nitrogen and oxygen atoms in total. The fraction of sp³-hybridized carbons (Fsp3) is 1.00. The largest absolute Gasteiger partial charge is 0.0695 e. The predicted octanol–water partition coefficient (Wildman–Crippen LogP) is 5.86. The number of hydrogen-bond acceptors (Lipinski definition) is 0. The summed E-state index contributed by atoms with van der Waals surface area (Å²) in [7, 11) is -0.750. The van der Waals surface area contributed by atoms with Gasteiger partial charge in [-0.1, -0.05) is 89.9 Å². The molecule has 0 radical (unpaired) electrons. The molecule has 0 N–H and O–H groups in total. The van der Waals surface area contributed by atoms with E-state index in [0.717, 1.165) is 5.92 Å². The third-order valence-electron chi connectivity index (χ3n) is 4.01. The number of rotatable bonds is 7. The molecule has 0 heterocycles. The molecule has 96 valence electrons. The van der Waals surface area contributed by atoms with E-state index < -0.39 is 8.07 Å². The highest BCUT2D eigenvalue weighted by Gasteiger charge is 2.13. The average Bonchev–Trinajstić information content (AvgIpc) is 2.23. The zero-order valence-electron chi connectivity index (χ0n) is 11.9. The van der Waals surface area contributed by atoms with Gasteiger partial charge >= 0.3 is 0 Å². The summed E-state index contributed by atoms with van der Waals surface area (Å²) in [6.45, 7) is 7.49. The molecule has 0 saturated heterocycles. The molecule has 0 aromatic rings. The van der Waals surface area contributed by atoms with Gasteiger partial charge in [-0.3, -0.25) is 0 Å². The molecular formula is C15H32Si. The predicted molar refractivity (Wildman–Crippen MR) is 77.8 cm³/mol. The lowest BCUT2D eigenvalue weighted by Gasteiger charge is -2.21. The van der Waals surface area contributed by atoms with Gasteiger partial charge in [0.1, 0.15) is 0 Å². The van der Waals surface area contributed by atoms with Crippen molar-refractivity contribution in [1.82, 2.24) is 0 Å². The molecule has 0 spiro atoms. The Kier molecular flexibility index (Phi) is 6.72. The van der Waals surface area contributed by atoms with Crippen molar-refractivity contribution in [3.05, 3.63) is 0 Å². The summed E-state index contributed by atoms with van der Waals surface area (Å²) >= 11 is 0. The normalized spacial score (nSPS) is 18.9. The van der Waals surface area contributed by atoms with Gasteiger partial charge < -0.3 is 0 Å². The van der Waals surface area contributed by atoms with Gasteiger partial charge in [-0.2, -0.15) is 0 Å². The zero-order valence-corrected chi connectivity index (χ0v) is 12.9. The Morgan fingerprint density at radius 3 is 2.06 bits per heavy atom. The van der Waals surface area contributed by atoms with Crippen LogP contribution in [0.3, 0.4) is 0 Å². The average molecular weight is 241 g/mol. The molecule has 0 aromatic heterocycles. The quantitative estimate of drug-likeness (QED) is 0.386. The molecule has 1 heteroatoms. The van der Waals surface area contributed by atoms with E-state index in [0.29, 0.717) is 0 Å². The summed E-state index contributed by atoms with van der Waals surface area (Å²) < 4.78 is 0. The standard InChI is InChI=1S/C15H32Si/c1-16(2,3)14-10-5-4-7-11-15-12-8-6-9-13-15/h15H,4-14H2,1-3H3. The smallest absolute Gasteiger partial charge is 0.0442 e. The lowest BCUT2D eigenvalue weighted by Crippen LogP contribution is -2.18. The van der Waals surface area contributed by atoms with Crippen LogP contribution in [-0.2, 0) is 0 Å². The Bertz CT molecular complexity index is 163. The van der Waals surface area contributed by atoms with Crippen LogP contribution >= 0.6 is 0 Å². The van der Waals surface area contributed by atoms with E-state index >= 15 is 0 Å². The van der Waals surface area contributed by atoms with Gasteiger partial charge in [0.25, 0.3) is 0 Å². The molecular weight excluding hydrogens is 208 g/mol. The van der Waals surface area contributed by atoms with Crippen LogP contribution in [0.5, 0.6) is 0 Å². The lowest BCUT2D eigenvalue weighted by molar-refractivity contribution is 0.328. The second-order valence-electron chi connectivity index (χ2n) is 7.02. The summed E-state index contributed by atoms with van der Waals surface area (Å²) in [6, 6.07) is 1.54. The monoisotopic (exact) mass is 240 g/mol. The minimum atomic E-state index is -0.750. The third kappa shape index (κ3) is 7.48. The maximum absolute atomic E-state index is 2.50. The Morgan fingerprint density at radius 1 is 0.812 bits per heavy atom. The van der Waals surface area contributed by atoms with Crippen molar-refractivity contribution in [3.8, 4) is 0 Å². The van der Waals surface area contributed by atoms with Gasteiger partial charge in [0.15, 0.2) is 0 Å². The van der Waals surface area contributed by atoms with Crippen molar-refractivity contribution in [3.63, 3.8) is 0 Å². The van der Waals surface area contributed by atoms with Crippen LogP contribution in [0.15, 0.2) is 0 Å². The minimum absolute atomic E-state index is 0.750. The van der Waals surface area contributed by atoms with E-state index in [1.54, 1.807) is 0 Å². The van der Waals surface area contributed by atoms with E-state index in [-0.39, 0.29) is 0 Å². The van der Waals surface area contributed by atoms with Gasteiger partial charge in [-0.05, 0) is 5.92 Å². The van der Waals surface area contributed by atoms with Crippen molar-refractivity contribution in [1.29, 1.82) is 0 Å². The van der Waals surface area contributed by atoms with Crippen LogP contribution in [-0.4, -0.2) is 8.07 Å². The third-order valence-corrected chi connectivity index (χ3v) is 5.87. The van der Waals surface area contributed by atoms with Crippen LogP contribution in [0.2, 0.25) is 25.7 Å². The summed E-state index contributed by atoms with van der Waals surface area (Å²) in [5.41, 5.74) is 0. The molecule has 0 aliphatic heterocycles. The molecule has 0 amide bonds. The maximum Gasteiger partial charge on any atom is 0.0442 e. The minimum Gasteiger partial charge on any atom is -0.0695 e. The van der Waals surface area contributed by atoms with Gasteiger partial charge in [0.05, 0.1) is 0 Å². The first-order chi connectivity index (χ1) is 7.58. The van der Waals surface area contributed by atoms with Crippen molar-refractivity contribution in [2.75, 3.05) is 0 Å². The Hall–Kier alpha value is 0.217. The maximum atomic E-state index is 2.50. The number of hydrogen-bond donors (Lipinski definition) is 0.